The zero-order valence-corrected chi connectivity index (χ0v) is 15.5. The molecule has 0 aliphatic carbocycles. The molecule has 0 fully saturated rings. The van der Waals surface area contributed by atoms with Crippen LogP contribution >= 0.6 is 0 Å². The summed E-state index contributed by atoms with van der Waals surface area (Å²) in [5.74, 6) is -6.75. The number of hydrogen-bond acceptors (Lipinski definition) is 9. The molecule has 154 valence electrons. The highest BCUT2D eigenvalue weighted by Crippen LogP contribution is 2.39. The summed E-state index contributed by atoms with van der Waals surface area (Å²) in [7, 11) is 0. The largest absolute Gasteiger partial charge is 0.502 e. The van der Waals surface area contributed by atoms with Gasteiger partial charge in [-0.15, -0.1) is 0 Å². The van der Waals surface area contributed by atoms with Gasteiger partial charge in [-0.05, 0) is 18.6 Å². The number of aromatic hydroxyl groups is 1. The highest BCUT2D eigenvalue weighted by Gasteiger charge is 2.38. The summed E-state index contributed by atoms with van der Waals surface area (Å²) >= 11 is 0. The fourth-order valence-electron chi connectivity index (χ4n) is 3.12. The molecule has 0 bridgehead atoms. The van der Waals surface area contributed by atoms with Crippen molar-refractivity contribution in [2.75, 3.05) is 0 Å². The first kappa shape index (κ1) is 19.6. The van der Waals surface area contributed by atoms with E-state index in [0.29, 0.717) is 5.56 Å². The van der Waals surface area contributed by atoms with Crippen molar-refractivity contribution >= 4 is 22.9 Å². The number of esters is 2. The lowest BCUT2D eigenvalue weighted by Gasteiger charge is -2.22. The summed E-state index contributed by atoms with van der Waals surface area (Å²) in [4.78, 5) is 37.2. The molecule has 0 saturated heterocycles. The first-order chi connectivity index (χ1) is 14.3. The van der Waals surface area contributed by atoms with Crippen molar-refractivity contribution in [3.8, 4) is 28.6 Å². The van der Waals surface area contributed by atoms with E-state index in [2.05, 4.69) is 0 Å². The number of hydrogen-bond donors (Lipinski definition) is 3. The van der Waals surface area contributed by atoms with E-state index in [1.807, 2.05) is 0 Å². The lowest BCUT2D eigenvalue weighted by Crippen LogP contribution is -2.42. The van der Waals surface area contributed by atoms with Gasteiger partial charge in [0.15, 0.2) is 17.3 Å². The van der Waals surface area contributed by atoms with Gasteiger partial charge in [0.1, 0.15) is 11.0 Å². The van der Waals surface area contributed by atoms with Crippen molar-refractivity contribution in [1.82, 2.24) is 0 Å². The Bertz CT molecular complexity index is 1210. The summed E-state index contributed by atoms with van der Waals surface area (Å²) < 4.78 is 15.9. The van der Waals surface area contributed by atoms with E-state index < -0.39 is 41.1 Å². The van der Waals surface area contributed by atoms with E-state index in [-0.39, 0.29) is 35.3 Å². The van der Waals surface area contributed by atoms with Gasteiger partial charge in [0.05, 0.1) is 0 Å². The number of benzene rings is 2. The van der Waals surface area contributed by atoms with Gasteiger partial charge in [-0.1, -0.05) is 30.3 Å². The Balaban J connectivity index is 1.97. The maximum Gasteiger partial charge on any atom is 0.371 e. The smallest absolute Gasteiger partial charge is 0.371 e. The monoisotopic (exact) mass is 412 g/mol. The lowest BCUT2D eigenvalue weighted by molar-refractivity contribution is -0.203. The molecule has 2 aromatic carbocycles. The van der Waals surface area contributed by atoms with E-state index in [9.17, 15) is 29.7 Å². The van der Waals surface area contributed by atoms with Gasteiger partial charge in [-0.2, -0.15) is 0 Å². The number of carbonyl (C=O) groups excluding carboxylic acids is 2. The fourth-order valence-corrected chi connectivity index (χ4v) is 3.12. The maximum atomic E-state index is 12.9. The van der Waals surface area contributed by atoms with Crippen LogP contribution in [0.25, 0.3) is 22.3 Å². The van der Waals surface area contributed by atoms with E-state index in [1.54, 1.807) is 30.3 Å². The normalized spacial score (nSPS) is 16.5. The molecule has 4 rings (SSSR count). The predicted octanol–water partition coefficient (Wildman–Crippen LogP) is 1.84. The number of rotatable bonds is 1. The molecule has 0 saturated carbocycles. The van der Waals surface area contributed by atoms with Crippen molar-refractivity contribution in [2.24, 2.45) is 0 Å². The van der Waals surface area contributed by atoms with Crippen LogP contribution in [0.3, 0.4) is 0 Å². The molecule has 0 unspecified atom stereocenters. The molecule has 0 radical (unpaired) electrons. The Kier molecular flexibility index (Phi) is 4.76. The minimum absolute atomic E-state index is 0.0345. The second-order valence-corrected chi connectivity index (χ2v) is 6.77. The molecular weight excluding hydrogens is 396 g/mol. The van der Waals surface area contributed by atoms with Crippen molar-refractivity contribution in [3.63, 3.8) is 0 Å². The Morgan fingerprint density at radius 2 is 1.67 bits per heavy atom. The van der Waals surface area contributed by atoms with Crippen LogP contribution < -0.4 is 14.9 Å². The third-order valence-corrected chi connectivity index (χ3v) is 4.64. The molecule has 3 aromatic rings. The van der Waals surface area contributed by atoms with Crippen molar-refractivity contribution in [2.45, 2.75) is 25.0 Å². The topological polar surface area (TPSA) is 144 Å². The van der Waals surface area contributed by atoms with Crippen LogP contribution in [0.5, 0.6) is 17.2 Å². The average molecular weight is 412 g/mol. The molecule has 1 aliphatic rings. The highest BCUT2D eigenvalue weighted by atomic mass is 16.6. The molecule has 0 spiro atoms. The third kappa shape index (κ3) is 3.40. The van der Waals surface area contributed by atoms with E-state index in [1.165, 1.54) is 12.1 Å². The van der Waals surface area contributed by atoms with Gasteiger partial charge >= 0.3 is 11.9 Å². The van der Waals surface area contributed by atoms with Crippen LogP contribution in [-0.2, 0) is 9.59 Å². The number of carbonyl (C=O) groups is 2. The summed E-state index contributed by atoms with van der Waals surface area (Å²) in [6.07, 6.45) is -0.702. The van der Waals surface area contributed by atoms with Crippen LogP contribution in [0, 0.1) is 0 Å². The molecule has 9 heteroatoms. The minimum Gasteiger partial charge on any atom is -0.502 e. The van der Waals surface area contributed by atoms with Gasteiger partial charge in [0, 0.05) is 18.4 Å². The molecule has 30 heavy (non-hydrogen) atoms. The van der Waals surface area contributed by atoms with Crippen molar-refractivity contribution in [1.29, 1.82) is 0 Å². The molecule has 3 N–H and O–H groups in total. The molecule has 2 heterocycles. The van der Waals surface area contributed by atoms with Crippen molar-refractivity contribution in [3.05, 3.63) is 52.7 Å². The van der Waals surface area contributed by atoms with Crippen LogP contribution in [-0.4, -0.2) is 33.0 Å². The molecule has 9 nitrogen and oxygen atoms in total. The van der Waals surface area contributed by atoms with Crippen LogP contribution in [0.2, 0.25) is 0 Å². The van der Waals surface area contributed by atoms with Gasteiger partial charge < -0.3 is 29.2 Å². The molecule has 0 amide bonds. The molecule has 1 aliphatic heterocycles. The third-order valence-electron chi connectivity index (χ3n) is 4.64. The minimum atomic E-state index is -2.87. The van der Waals surface area contributed by atoms with Gasteiger partial charge in [0.25, 0.3) is 5.79 Å². The Morgan fingerprint density at radius 1 is 0.933 bits per heavy atom. The molecular formula is C21H16O9. The second kappa shape index (κ2) is 7.29. The highest BCUT2D eigenvalue weighted by molar-refractivity contribution is 5.93. The predicted molar refractivity (Wildman–Crippen MR) is 102 cm³/mol. The second-order valence-electron chi connectivity index (χ2n) is 6.77. The first-order valence-electron chi connectivity index (χ1n) is 9.04. The fraction of sp³-hybridized carbons (Fsp3) is 0.190. The summed E-state index contributed by atoms with van der Waals surface area (Å²) in [6.45, 7) is 0. The van der Waals surface area contributed by atoms with E-state index in [4.69, 9.17) is 13.9 Å². The molecule has 0 atom stereocenters. The number of aliphatic hydroxyl groups is 2. The maximum absolute atomic E-state index is 12.9. The van der Waals surface area contributed by atoms with Gasteiger partial charge in [-0.25, -0.2) is 4.79 Å². The Morgan fingerprint density at radius 3 is 2.40 bits per heavy atom. The summed E-state index contributed by atoms with van der Waals surface area (Å²) in [5.41, 5.74) is -0.589. The number of fused-ring (bicyclic) bond motifs is 3. The van der Waals surface area contributed by atoms with Crippen LogP contribution in [0.15, 0.2) is 51.7 Å². The average Bonchev–Trinajstić information content (AvgIpc) is 2.72. The lowest BCUT2D eigenvalue weighted by atomic mass is 10.1. The SMILES string of the molecule is O=C1CCCC(O)(O)C(=O)Oc2c(ccc3oc(-c4ccccc4)c(O)c(=O)c23)O1. The van der Waals surface area contributed by atoms with Gasteiger partial charge in [0.2, 0.25) is 11.2 Å². The van der Waals surface area contributed by atoms with Gasteiger partial charge in [-0.3, -0.25) is 9.59 Å². The van der Waals surface area contributed by atoms with E-state index >= 15 is 0 Å². The standard InChI is InChI=1S/C21H16O9/c22-14-7-4-10-21(26,27)20(25)30-19-13(28-14)9-8-12-15(19)16(23)17(24)18(29-12)11-5-2-1-3-6-11/h1-3,5-6,8-9,24,26-27H,4,7,10H2. The van der Waals surface area contributed by atoms with Crippen LogP contribution in [0.1, 0.15) is 19.3 Å². The zero-order chi connectivity index (χ0) is 21.5. The number of ether oxygens (including phenoxy) is 2. The van der Waals surface area contributed by atoms with Crippen molar-refractivity contribution < 1.29 is 38.8 Å². The first-order valence-corrected chi connectivity index (χ1v) is 9.04. The quantitative estimate of drug-likeness (QED) is 0.310. The molecule has 1 aromatic heterocycles. The summed E-state index contributed by atoms with van der Waals surface area (Å²) in [6, 6.07) is 10.9. The Labute approximate surface area is 168 Å². The zero-order valence-electron chi connectivity index (χ0n) is 15.5. The van der Waals surface area contributed by atoms with E-state index in [0.717, 1.165) is 0 Å². The summed E-state index contributed by atoms with van der Waals surface area (Å²) in [5, 5.41) is 29.9. The Hall–Kier alpha value is -3.69. The van der Waals surface area contributed by atoms with Crippen LogP contribution in [0.4, 0.5) is 0 Å².